The number of hydrogen-bond donors (Lipinski definition) is 1. The Morgan fingerprint density at radius 1 is 1.09 bits per heavy atom. The molecule has 2 aromatic heterocycles. The van der Waals surface area contributed by atoms with Crippen LogP contribution in [0.2, 0.25) is 0 Å². The fraction of sp³-hybridized carbons (Fsp3) is 0.346. The number of imidazole rings is 1. The van der Waals surface area contributed by atoms with E-state index in [1.807, 2.05) is 35.4 Å². The van der Waals surface area contributed by atoms with Crippen molar-refractivity contribution in [2.24, 2.45) is 0 Å². The third-order valence-corrected chi connectivity index (χ3v) is 7.86. The number of aryl methyl sites for hydroxylation is 1. The lowest BCUT2D eigenvalue weighted by molar-refractivity contribution is -0.0221. The fourth-order valence-corrected chi connectivity index (χ4v) is 5.80. The van der Waals surface area contributed by atoms with Crippen molar-refractivity contribution in [3.8, 4) is 0 Å². The van der Waals surface area contributed by atoms with Gasteiger partial charge in [0, 0.05) is 56.0 Å². The van der Waals surface area contributed by atoms with E-state index in [1.54, 1.807) is 30.5 Å². The Balaban J connectivity index is 1.63. The van der Waals surface area contributed by atoms with Crippen LogP contribution in [0, 0.1) is 6.92 Å². The summed E-state index contributed by atoms with van der Waals surface area (Å²) in [5.41, 5.74) is 3.34. The van der Waals surface area contributed by atoms with Crippen molar-refractivity contribution in [3.05, 3.63) is 66.0 Å². The lowest BCUT2D eigenvalue weighted by atomic mass is 9.97. The third-order valence-electron chi connectivity index (χ3n) is 6.70. The summed E-state index contributed by atoms with van der Waals surface area (Å²) in [7, 11) is -3.41. The Kier molecular flexibility index (Phi) is 5.70. The van der Waals surface area contributed by atoms with E-state index in [2.05, 4.69) is 22.4 Å². The van der Waals surface area contributed by atoms with E-state index in [9.17, 15) is 17.2 Å². The topological polar surface area (TPSA) is 66.7 Å². The summed E-state index contributed by atoms with van der Waals surface area (Å²) >= 11 is 0. The molecule has 0 saturated carbocycles. The molecule has 0 aliphatic carbocycles. The van der Waals surface area contributed by atoms with E-state index in [0.29, 0.717) is 5.69 Å². The van der Waals surface area contributed by atoms with Gasteiger partial charge in [-0.1, -0.05) is 23.8 Å². The molecule has 184 valence electrons. The second-order valence-electron chi connectivity index (χ2n) is 9.42. The maximum Gasteiger partial charge on any atom is 0.251 e. The van der Waals surface area contributed by atoms with Crippen LogP contribution >= 0.6 is 0 Å². The standard InChI is InChI=1S/C26H28F2N4O2S/c1-17-14-19(18(2)30-22-6-4-5-7-23(22)35(3,33)34)20-16-24(31-11-8-26(27,28)9-12-31)32-13-10-29-25(32)21(20)15-17/h4-7,10,13-16,18,30H,8-9,11-12H2,1-3H3/t18-/m1/s1. The summed E-state index contributed by atoms with van der Waals surface area (Å²) < 4.78 is 54.3. The van der Waals surface area contributed by atoms with Gasteiger partial charge in [-0.15, -0.1) is 0 Å². The average molecular weight is 499 g/mol. The van der Waals surface area contributed by atoms with Crippen molar-refractivity contribution in [3.63, 3.8) is 0 Å². The van der Waals surface area contributed by atoms with E-state index in [-0.39, 0.29) is 36.9 Å². The molecule has 0 spiro atoms. The highest BCUT2D eigenvalue weighted by Gasteiger charge is 2.35. The van der Waals surface area contributed by atoms with Gasteiger partial charge < -0.3 is 10.2 Å². The number of para-hydroxylation sites is 1. The number of nitrogens with one attached hydrogen (secondary N) is 1. The molecule has 1 fully saturated rings. The van der Waals surface area contributed by atoms with Gasteiger partial charge in [-0.05, 0) is 49.1 Å². The molecule has 0 radical (unpaired) electrons. The summed E-state index contributed by atoms with van der Waals surface area (Å²) in [5.74, 6) is -1.80. The van der Waals surface area contributed by atoms with Crippen molar-refractivity contribution in [2.75, 3.05) is 29.6 Å². The number of piperidine rings is 1. The molecule has 0 bridgehead atoms. The molecule has 9 heteroatoms. The van der Waals surface area contributed by atoms with E-state index < -0.39 is 15.8 Å². The number of nitrogens with zero attached hydrogens (tertiary/aromatic N) is 3. The maximum atomic E-state index is 13.8. The van der Waals surface area contributed by atoms with Crippen molar-refractivity contribution in [1.82, 2.24) is 9.38 Å². The van der Waals surface area contributed by atoms with Crippen LogP contribution in [-0.4, -0.2) is 43.1 Å². The van der Waals surface area contributed by atoms with Gasteiger partial charge in [0.15, 0.2) is 9.84 Å². The minimum atomic E-state index is -3.41. The number of fused-ring (bicyclic) bond motifs is 3. The normalized spacial score (nSPS) is 17.1. The second kappa shape index (κ2) is 8.48. The summed E-state index contributed by atoms with van der Waals surface area (Å²) in [6, 6.07) is 12.8. The highest BCUT2D eigenvalue weighted by molar-refractivity contribution is 7.90. The van der Waals surface area contributed by atoms with Crippen molar-refractivity contribution in [1.29, 1.82) is 0 Å². The zero-order valence-electron chi connectivity index (χ0n) is 19.9. The Morgan fingerprint density at radius 2 is 1.80 bits per heavy atom. The highest BCUT2D eigenvalue weighted by Crippen LogP contribution is 2.37. The van der Waals surface area contributed by atoms with Gasteiger partial charge in [0.25, 0.3) is 5.92 Å². The number of halogens is 2. The maximum absolute atomic E-state index is 13.8. The number of hydrogen-bond acceptors (Lipinski definition) is 5. The molecule has 5 rings (SSSR count). The van der Waals surface area contributed by atoms with Crippen LogP contribution in [0.15, 0.2) is 59.8 Å². The van der Waals surface area contributed by atoms with E-state index in [1.165, 1.54) is 6.26 Å². The quantitative estimate of drug-likeness (QED) is 0.388. The highest BCUT2D eigenvalue weighted by atomic mass is 32.2. The molecule has 1 aliphatic rings. The molecule has 3 heterocycles. The molecule has 6 nitrogen and oxygen atoms in total. The largest absolute Gasteiger partial charge is 0.377 e. The lowest BCUT2D eigenvalue weighted by Gasteiger charge is -2.34. The Labute approximate surface area is 203 Å². The zero-order valence-corrected chi connectivity index (χ0v) is 20.7. The molecule has 2 aromatic carbocycles. The summed E-state index contributed by atoms with van der Waals surface area (Å²) in [6.07, 6.45) is 4.43. The molecular weight excluding hydrogens is 470 g/mol. The van der Waals surface area contributed by atoms with Crippen molar-refractivity contribution < 1.29 is 17.2 Å². The van der Waals surface area contributed by atoms with E-state index in [4.69, 9.17) is 0 Å². The van der Waals surface area contributed by atoms with Crippen LogP contribution in [0.25, 0.3) is 16.4 Å². The summed E-state index contributed by atoms with van der Waals surface area (Å²) in [5, 5.41) is 5.30. The molecule has 1 atom stereocenters. The van der Waals surface area contributed by atoms with Crippen LogP contribution < -0.4 is 10.2 Å². The van der Waals surface area contributed by atoms with E-state index in [0.717, 1.165) is 33.4 Å². The first-order valence-electron chi connectivity index (χ1n) is 11.6. The first-order chi connectivity index (χ1) is 16.5. The van der Waals surface area contributed by atoms with Gasteiger partial charge in [-0.25, -0.2) is 22.2 Å². The molecule has 0 unspecified atom stereocenters. The molecule has 1 saturated heterocycles. The minimum absolute atomic E-state index is 0.178. The SMILES string of the molecule is Cc1cc([C@@H](C)Nc2ccccc2S(C)(=O)=O)c2cc(N3CCC(F)(F)CC3)n3ccnc3c2c1. The number of anilines is 2. The van der Waals surface area contributed by atoms with Crippen molar-refractivity contribution in [2.45, 2.75) is 43.5 Å². The lowest BCUT2D eigenvalue weighted by Crippen LogP contribution is -2.40. The zero-order chi connectivity index (χ0) is 25.0. The Morgan fingerprint density at radius 3 is 2.51 bits per heavy atom. The van der Waals surface area contributed by atoms with Crippen LogP contribution in [-0.2, 0) is 9.84 Å². The smallest absolute Gasteiger partial charge is 0.251 e. The number of benzene rings is 2. The fourth-order valence-electron chi connectivity index (χ4n) is 4.94. The van der Waals surface area contributed by atoms with E-state index >= 15 is 0 Å². The van der Waals surface area contributed by atoms with Gasteiger partial charge in [0.1, 0.15) is 11.5 Å². The molecule has 1 N–H and O–H groups in total. The minimum Gasteiger partial charge on any atom is -0.377 e. The molecule has 35 heavy (non-hydrogen) atoms. The third kappa shape index (κ3) is 4.45. The average Bonchev–Trinajstić information content (AvgIpc) is 3.28. The number of rotatable bonds is 5. The number of alkyl halides is 2. The number of aromatic nitrogens is 2. The first-order valence-corrected chi connectivity index (χ1v) is 13.5. The van der Waals surface area contributed by atoms with Crippen LogP contribution in [0.5, 0.6) is 0 Å². The monoisotopic (exact) mass is 498 g/mol. The molecule has 0 amide bonds. The molecule has 4 aromatic rings. The molecular formula is C26H28F2N4O2S. The summed E-state index contributed by atoms with van der Waals surface area (Å²) in [6.45, 7) is 4.54. The van der Waals surface area contributed by atoms with Crippen LogP contribution in [0.3, 0.4) is 0 Å². The van der Waals surface area contributed by atoms with Crippen molar-refractivity contribution >= 4 is 37.8 Å². The summed E-state index contributed by atoms with van der Waals surface area (Å²) in [4.78, 5) is 6.83. The molecule has 1 aliphatic heterocycles. The predicted octanol–water partition coefficient (Wildman–Crippen LogP) is 5.61. The van der Waals surface area contributed by atoms with Crippen LogP contribution in [0.4, 0.5) is 20.3 Å². The Hall–Kier alpha value is -3.20. The van der Waals surface area contributed by atoms with Crippen LogP contribution in [0.1, 0.15) is 36.9 Å². The number of sulfone groups is 1. The first kappa shape index (κ1) is 23.5. The second-order valence-corrected chi connectivity index (χ2v) is 11.4. The van der Waals surface area contributed by atoms with Gasteiger partial charge in [0.2, 0.25) is 0 Å². The van der Waals surface area contributed by atoms with Gasteiger partial charge in [0.05, 0.1) is 10.6 Å². The van der Waals surface area contributed by atoms with Gasteiger partial charge in [-0.2, -0.15) is 0 Å². The predicted molar refractivity (Wildman–Crippen MR) is 135 cm³/mol. The number of pyridine rings is 1. The van der Waals surface area contributed by atoms with Gasteiger partial charge in [-0.3, -0.25) is 4.40 Å². The van der Waals surface area contributed by atoms with Gasteiger partial charge >= 0.3 is 0 Å². The Bertz CT molecular complexity index is 1520.